The molecule has 2 aliphatic heterocycles. The molecule has 5 atom stereocenters. The molecule has 36 heavy (non-hydrogen) atoms. The van der Waals surface area contributed by atoms with Crippen LogP contribution in [-0.2, 0) is 29.0 Å². The topological polar surface area (TPSA) is 38.7 Å². The Bertz CT molecular complexity index is 1050. The second-order valence-electron chi connectivity index (χ2n) is 8.93. The van der Waals surface area contributed by atoms with Gasteiger partial charge in [0, 0.05) is 25.1 Å². The molecule has 4 aromatic rings. The molecule has 0 aliphatic carbocycles. The van der Waals surface area contributed by atoms with Gasteiger partial charge >= 0.3 is 0 Å². The van der Waals surface area contributed by atoms with Gasteiger partial charge in [0.2, 0.25) is 0 Å². The van der Waals surface area contributed by atoms with Crippen LogP contribution >= 0.6 is 15.8 Å². The summed E-state index contributed by atoms with van der Waals surface area (Å²) in [6, 6.07) is 42.4. The summed E-state index contributed by atoms with van der Waals surface area (Å²) in [5.41, 5.74) is -0.216. The van der Waals surface area contributed by atoms with Gasteiger partial charge in [-0.2, -0.15) is 0 Å². The molecule has 185 valence electrons. The monoisotopic (exact) mass is 601 g/mol. The first kappa shape index (κ1) is 25.9. The van der Waals surface area contributed by atoms with Gasteiger partial charge in [-0.3, -0.25) is 0 Å². The molecule has 2 aliphatic rings. The van der Waals surface area contributed by atoms with E-state index in [4.69, 9.17) is 9.47 Å². The Kier molecular flexibility index (Phi) is 8.44. The molecule has 2 heterocycles. The summed E-state index contributed by atoms with van der Waals surface area (Å²) in [5.74, 6) is 0. The van der Waals surface area contributed by atoms with E-state index in [-0.39, 0.29) is 36.9 Å². The molecule has 2 saturated heterocycles. The van der Waals surface area contributed by atoms with Gasteiger partial charge < -0.3 is 14.6 Å². The number of fused-ring (bicyclic) bond motifs is 2. The van der Waals surface area contributed by atoms with E-state index in [9.17, 15) is 5.11 Å². The summed E-state index contributed by atoms with van der Waals surface area (Å²) in [6.45, 7) is 0.522. The second-order valence-corrected chi connectivity index (χ2v) is 13.7. The molecule has 0 unspecified atom stereocenters. The van der Waals surface area contributed by atoms with Crippen molar-refractivity contribution >= 4 is 37.1 Å². The molecule has 4 aromatic carbocycles. The van der Waals surface area contributed by atoms with Crippen LogP contribution in [0.2, 0.25) is 0 Å². The van der Waals surface area contributed by atoms with Crippen molar-refractivity contribution in [1.82, 2.24) is 0 Å². The van der Waals surface area contributed by atoms with Crippen LogP contribution in [0.3, 0.4) is 0 Å². The average Bonchev–Trinajstić information content (AvgIpc) is 3.36. The van der Waals surface area contributed by atoms with E-state index >= 15 is 0 Å². The fourth-order valence-corrected chi connectivity index (χ4v) is 11.3. The summed E-state index contributed by atoms with van der Waals surface area (Å²) >= 11 is 0. The summed E-state index contributed by atoms with van der Waals surface area (Å²) in [4.78, 5) is 0. The van der Waals surface area contributed by atoms with Crippen molar-refractivity contribution in [3.63, 3.8) is 0 Å². The summed E-state index contributed by atoms with van der Waals surface area (Å²) < 4.78 is 12.9. The van der Waals surface area contributed by atoms with Gasteiger partial charge in [0.25, 0.3) is 0 Å². The molecule has 0 spiro atoms. The molecular formula is C30H28O3P2Rh. The normalized spacial score (nSPS) is 25.0. The van der Waals surface area contributed by atoms with Crippen LogP contribution in [-0.4, -0.2) is 41.5 Å². The van der Waals surface area contributed by atoms with Gasteiger partial charge in [-0.05, 0) is 37.1 Å². The minimum absolute atomic E-state index is 0. The van der Waals surface area contributed by atoms with Gasteiger partial charge in [-0.25, -0.2) is 0 Å². The van der Waals surface area contributed by atoms with E-state index < -0.39 is 28.2 Å². The molecular weight excluding hydrogens is 573 g/mol. The molecule has 0 saturated carbocycles. The Morgan fingerprint density at radius 2 is 0.917 bits per heavy atom. The maximum absolute atomic E-state index is 12.3. The van der Waals surface area contributed by atoms with Gasteiger partial charge in [0.15, 0.2) is 6.29 Å². The molecule has 2 fully saturated rings. The van der Waals surface area contributed by atoms with Crippen LogP contribution < -0.4 is 21.2 Å². The summed E-state index contributed by atoms with van der Waals surface area (Å²) in [7, 11) is -1.77. The Morgan fingerprint density at radius 3 is 1.31 bits per heavy atom. The third-order valence-electron chi connectivity index (χ3n) is 6.83. The Morgan fingerprint density at radius 1 is 0.556 bits per heavy atom. The first-order valence-electron chi connectivity index (χ1n) is 12.0. The number of aliphatic hydroxyl groups excluding tert-OH is 1. The number of aliphatic hydroxyl groups is 1. The SMILES string of the molecule is O[C@@H]1[C@@H](P(c2ccccc2)c2ccccc2)[C@H]2OC[C@@H](O2)[C@H]1P(c1ccccc1)c1ccccc1.[Rh]. The van der Waals surface area contributed by atoms with Crippen molar-refractivity contribution in [2.75, 3.05) is 6.61 Å². The third kappa shape index (κ3) is 5.01. The van der Waals surface area contributed by atoms with Crippen molar-refractivity contribution < 1.29 is 34.1 Å². The predicted molar refractivity (Wildman–Crippen MR) is 146 cm³/mol. The van der Waals surface area contributed by atoms with E-state index in [1.807, 2.05) is 12.1 Å². The summed E-state index contributed by atoms with van der Waals surface area (Å²) in [5, 5.41) is 17.3. The van der Waals surface area contributed by atoms with Crippen LogP contribution in [0.15, 0.2) is 121 Å². The van der Waals surface area contributed by atoms with E-state index in [1.165, 1.54) is 21.2 Å². The maximum Gasteiger partial charge on any atom is 0.168 e. The standard InChI is InChI=1S/C30H28O3P2.Rh/c31-27-28(34(22-13-5-1-6-14-22)23-15-7-2-8-16-23)26-21-32-30(33-26)29(27)35(24-17-9-3-10-18-24)25-19-11-4-12-20-25;/h1-20,26-31H,21H2;/t26-,27+,28-,29-,30+;/m1./s1. The van der Waals surface area contributed by atoms with E-state index in [0.29, 0.717) is 6.61 Å². The molecule has 2 bridgehead atoms. The first-order valence-corrected chi connectivity index (χ1v) is 14.9. The zero-order valence-corrected chi connectivity index (χ0v) is 23.1. The fraction of sp³-hybridized carbons (Fsp3) is 0.200. The molecule has 1 N–H and O–H groups in total. The van der Waals surface area contributed by atoms with E-state index in [0.717, 1.165) is 0 Å². The smallest absolute Gasteiger partial charge is 0.168 e. The van der Waals surface area contributed by atoms with Crippen molar-refractivity contribution in [1.29, 1.82) is 0 Å². The number of rotatable bonds is 6. The van der Waals surface area contributed by atoms with Crippen molar-refractivity contribution in [2.45, 2.75) is 29.8 Å². The number of hydrogen-bond acceptors (Lipinski definition) is 3. The van der Waals surface area contributed by atoms with E-state index in [1.54, 1.807) is 0 Å². The molecule has 6 heteroatoms. The minimum atomic E-state index is -0.906. The molecule has 3 nitrogen and oxygen atoms in total. The van der Waals surface area contributed by atoms with Crippen LogP contribution in [0.4, 0.5) is 0 Å². The second kappa shape index (κ2) is 11.7. The van der Waals surface area contributed by atoms with Crippen LogP contribution in [0, 0.1) is 0 Å². The summed E-state index contributed by atoms with van der Waals surface area (Å²) in [6.07, 6.45) is -1.08. The predicted octanol–water partition coefficient (Wildman–Crippen LogP) is 4.10. The Hall–Kier alpha value is -1.76. The Labute approximate surface area is 228 Å². The maximum atomic E-state index is 12.3. The number of benzene rings is 4. The largest absolute Gasteiger partial charge is 0.391 e. The van der Waals surface area contributed by atoms with E-state index in [2.05, 4.69) is 109 Å². The zero-order chi connectivity index (χ0) is 23.6. The van der Waals surface area contributed by atoms with Crippen molar-refractivity contribution in [2.24, 2.45) is 0 Å². The third-order valence-corrected chi connectivity index (χ3v) is 12.6. The molecule has 1 radical (unpaired) electrons. The van der Waals surface area contributed by atoms with Crippen LogP contribution in [0.25, 0.3) is 0 Å². The fourth-order valence-electron chi connectivity index (χ4n) is 5.32. The number of ether oxygens (including phenoxy) is 2. The van der Waals surface area contributed by atoms with Gasteiger partial charge in [-0.15, -0.1) is 0 Å². The zero-order valence-electron chi connectivity index (χ0n) is 19.6. The Balaban J connectivity index is 0.00000267. The first-order chi connectivity index (χ1) is 17.3. The molecule has 6 rings (SSSR count). The number of hydrogen-bond donors (Lipinski definition) is 1. The van der Waals surface area contributed by atoms with Gasteiger partial charge in [-0.1, -0.05) is 121 Å². The molecule has 0 aromatic heterocycles. The average molecular weight is 601 g/mol. The molecule has 0 amide bonds. The quantitative estimate of drug-likeness (QED) is 0.268. The van der Waals surface area contributed by atoms with Crippen molar-refractivity contribution in [3.05, 3.63) is 121 Å². The van der Waals surface area contributed by atoms with Crippen molar-refractivity contribution in [3.8, 4) is 0 Å². The van der Waals surface area contributed by atoms with Crippen LogP contribution in [0.1, 0.15) is 0 Å². The minimum Gasteiger partial charge on any atom is -0.391 e. The van der Waals surface area contributed by atoms with Gasteiger partial charge in [0.1, 0.15) is 0 Å². The van der Waals surface area contributed by atoms with Gasteiger partial charge in [0.05, 0.1) is 24.5 Å². The van der Waals surface area contributed by atoms with Crippen LogP contribution in [0.5, 0.6) is 0 Å².